The maximum absolute atomic E-state index is 15.8. The number of imide groups is 1. The summed E-state index contributed by atoms with van der Waals surface area (Å²) in [4.78, 5) is 41.9. The molecule has 2 amide bonds. The summed E-state index contributed by atoms with van der Waals surface area (Å²) in [6.07, 6.45) is 1.31. The summed E-state index contributed by atoms with van der Waals surface area (Å²) < 4.78 is 0. The Kier molecular flexibility index (Phi) is 19.1. The van der Waals surface area contributed by atoms with Crippen molar-refractivity contribution in [3.63, 3.8) is 0 Å². The van der Waals surface area contributed by atoms with Gasteiger partial charge in [0.2, 0.25) is 0 Å². The van der Waals surface area contributed by atoms with Crippen LogP contribution in [0.5, 0.6) is 0 Å². The highest BCUT2D eigenvalue weighted by Gasteiger charge is 2.38. The Bertz CT molecular complexity index is 5120. The van der Waals surface area contributed by atoms with E-state index < -0.39 is 11.8 Å². The third kappa shape index (κ3) is 14.2. The van der Waals surface area contributed by atoms with E-state index in [1.54, 1.807) is 0 Å². The van der Waals surface area contributed by atoms with Gasteiger partial charge in [-0.15, -0.1) is 0 Å². The molecular formula is C96H67N5O2. The zero-order valence-electron chi connectivity index (χ0n) is 56.7. The van der Waals surface area contributed by atoms with Crippen molar-refractivity contribution in [3.05, 3.63) is 407 Å². The molecule has 14 aromatic rings. The van der Waals surface area contributed by atoms with Crippen LogP contribution in [-0.2, 0) is 0 Å². The van der Waals surface area contributed by atoms with Crippen LogP contribution < -0.4 is 19.6 Å². The molecule has 0 saturated heterocycles. The van der Waals surface area contributed by atoms with Crippen molar-refractivity contribution in [2.75, 3.05) is 26.1 Å². The summed E-state index contributed by atoms with van der Waals surface area (Å²) >= 11 is 0. The number of hydrogen-bond acceptors (Lipinski definition) is 6. The fourth-order valence-electron chi connectivity index (χ4n) is 13.1. The Morgan fingerprint density at radius 1 is 0.262 bits per heavy atom. The highest BCUT2D eigenvalue weighted by Crippen LogP contribution is 2.41. The van der Waals surface area contributed by atoms with Gasteiger partial charge in [-0.2, -0.15) is 0 Å². The maximum atomic E-state index is 15.8. The summed E-state index contributed by atoms with van der Waals surface area (Å²) in [6.45, 7) is 2.23. The number of rotatable bonds is 15. The molecule has 0 fully saturated rings. The number of carbonyl (C=O) groups excluding carboxylic acids is 2. The zero-order chi connectivity index (χ0) is 69.7. The molecule has 488 valence electrons. The molecule has 1 aliphatic rings. The number of anilines is 12. The lowest BCUT2D eigenvalue weighted by Gasteiger charge is -2.29. The molecule has 0 aromatic heterocycles. The normalized spacial score (nSPS) is 11.2. The maximum Gasteiger partial charge on any atom is 0.262 e. The van der Waals surface area contributed by atoms with Gasteiger partial charge in [-0.1, -0.05) is 206 Å². The molecule has 1 heterocycles. The van der Waals surface area contributed by atoms with E-state index in [4.69, 9.17) is 0 Å². The van der Waals surface area contributed by atoms with Gasteiger partial charge in [0.1, 0.15) is 0 Å². The molecule has 15 rings (SSSR count). The van der Waals surface area contributed by atoms with E-state index in [1.165, 1.54) is 4.90 Å². The predicted octanol–water partition coefficient (Wildman–Crippen LogP) is 22.7. The Morgan fingerprint density at radius 3 is 0.699 bits per heavy atom. The number of carbonyl (C=O) groups is 2. The van der Waals surface area contributed by atoms with Crippen LogP contribution in [0.15, 0.2) is 352 Å². The first kappa shape index (κ1) is 64.9. The molecule has 103 heavy (non-hydrogen) atoms. The van der Waals surface area contributed by atoms with E-state index in [-0.39, 0.29) is 6.54 Å². The second kappa shape index (κ2) is 30.4. The van der Waals surface area contributed by atoms with Gasteiger partial charge in [0.25, 0.3) is 11.8 Å². The molecule has 14 aromatic carbocycles. The Labute approximate surface area is 602 Å². The van der Waals surface area contributed by atoms with Crippen LogP contribution in [0.1, 0.15) is 85.0 Å². The molecule has 0 saturated carbocycles. The molecule has 0 atom stereocenters. The fraction of sp³-hybridized carbons (Fsp3) is 0.0417. The molecule has 7 heteroatoms. The van der Waals surface area contributed by atoms with Crippen molar-refractivity contribution in [2.45, 2.75) is 19.8 Å². The third-order valence-corrected chi connectivity index (χ3v) is 18.0. The van der Waals surface area contributed by atoms with Crippen molar-refractivity contribution < 1.29 is 9.59 Å². The molecule has 7 nitrogen and oxygen atoms in total. The predicted molar refractivity (Wildman–Crippen MR) is 423 cm³/mol. The van der Waals surface area contributed by atoms with Gasteiger partial charge in [0.05, 0.1) is 22.3 Å². The van der Waals surface area contributed by atoms with Crippen LogP contribution in [0.2, 0.25) is 0 Å². The summed E-state index contributed by atoms with van der Waals surface area (Å²) in [5, 5.41) is 1.07. The largest absolute Gasteiger partial charge is 0.311 e. The van der Waals surface area contributed by atoms with Gasteiger partial charge in [0, 0.05) is 114 Å². The summed E-state index contributed by atoms with van der Waals surface area (Å²) in [5.74, 6) is 27.3. The van der Waals surface area contributed by atoms with Crippen molar-refractivity contribution >= 4 is 90.8 Å². The number of benzene rings is 14. The van der Waals surface area contributed by atoms with Crippen LogP contribution in [0, 0.1) is 47.4 Å². The van der Waals surface area contributed by atoms with E-state index in [0.717, 1.165) is 96.9 Å². The Morgan fingerprint density at radius 2 is 0.476 bits per heavy atom. The summed E-state index contributed by atoms with van der Waals surface area (Å²) in [6, 6.07) is 119. The number of nitrogens with zero attached hydrogens (tertiary/aromatic N) is 5. The van der Waals surface area contributed by atoms with Gasteiger partial charge in [0.15, 0.2) is 0 Å². The Hall–Kier alpha value is -14.1. The quantitative estimate of drug-likeness (QED) is 0.0753. The van der Waals surface area contributed by atoms with Crippen LogP contribution >= 0.6 is 0 Å². The topological polar surface area (TPSA) is 50.3 Å². The van der Waals surface area contributed by atoms with E-state index in [9.17, 15) is 0 Å². The first-order chi connectivity index (χ1) is 50.9. The number of hydrogen-bond donors (Lipinski definition) is 0. The van der Waals surface area contributed by atoms with Crippen LogP contribution in [0.4, 0.5) is 68.2 Å². The molecule has 0 aliphatic carbocycles. The van der Waals surface area contributed by atoms with Gasteiger partial charge in [-0.05, 0) is 218 Å². The average molecular weight is 1320 g/mol. The summed E-state index contributed by atoms with van der Waals surface area (Å²) in [7, 11) is 0. The van der Waals surface area contributed by atoms with Crippen LogP contribution in [0.25, 0.3) is 10.8 Å². The Balaban J connectivity index is 0.912. The van der Waals surface area contributed by atoms with Crippen LogP contribution in [0.3, 0.4) is 0 Å². The van der Waals surface area contributed by atoms with Gasteiger partial charge in [-0.3, -0.25) is 14.5 Å². The van der Waals surface area contributed by atoms with Gasteiger partial charge >= 0.3 is 0 Å². The first-order valence-electron chi connectivity index (χ1n) is 34.5. The second-order valence-corrected chi connectivity index (χ2v) is 24.8. The monoisotopic (exact) mass is 1320 g/mol. The standard InChI is InChI=1S/C96H67N5O2/c1-2-3-68-97-95(102)93-90(66-54-73-50-62-88(63-51-73)100(82-36-20-8-21-37-82)83-38-22-9-23-39-83)75(56-44-71-46-58-86(59-47-71)98(78-28-12-4-13-29-78)79-30-14-5-15-31-79)69-77-70-76(57-45-72-48-60-87(61-49-72)99(80-32-16-6-17-33-80)81-34-18-7-19-35-81)91(94(92(77)93)96(97)103)67-55-74-52-64-89(65-53-74)101(84-40-24-10-25-41-84)85-42-26-11-27-43-85/h4-43,46-53,58-65,69-70H,2-3,68H2,1H3. The van der Waals surface area contributed by atoms with E-state index in [1.807, 2.05) is 206 Å². The van der Waals surface area contributed by atoms with Gasteiger partial charge in [-0.25, -0.2) is 0 Å². The molecule has 0 spiro atoms. The number of para-hydroxylation sites is 8. The van der Waals surface area contributed by atoms with Crippen molar-refractivity contribution in [2.24, 2.45) is 0 Å². The number of amides is 2. The molecule has 0 radical (unpaired) electrons. The second-order valence-electron chi connectivity index (χ2n) is 24.8. The molecular weight excluding hydrogens is 1260 g/mol. The first-order valence-corrected chi connectivity index (χ1v) is 34.5. The lowest BCUT2D eigenvalue weighted by Crippen LogP contribution is -2.42. The van der Waals surface area contributed by atoms with Crippen molar-refractivity contribution in [1.82, 2.24) is 4.90 Å². The van der Waals surface area contributed by atoms with E-state index >= 15 is 9.59 Å². The van der Waals surface area contributed by atoms with Crippen LogP contribution in [-0.4, -0.2) is 23.3 Å². The minimum atomic E-state index is -0.443. The average Bonchev–Trinajstić information content (AvgIpc) is 0.715. The zero-order valence-corrected chi connectivity index (χ0v) is 56.7. The molecule has 0 N–H and O–H groups in total. The number of unbranched alkanes of at least 4 members (excludes halogenated alkanes) is 1. The minimum Gasteiger partial charge on any atom is -0.311 e. The fourth-order valence-corrected chi connectivity index (χ4v) is 13.1. The highest BCUT2D eigenvalue weighted by atomic mass is 16.2. The SMILES string of the molecule is CCCCN1C(=O)c2c(C#Cc3ccc(N(c4ccccc4)c4ccccc4)cc3)c(C#Cc3ccc(N(c4ccccc4)c4ccccc4)cc3)cc3cc(C#Cc4ccc(N(c5ccccc5)c5ccccc5)cc4)c(C#Cc4ccc(N(c5ccccc5)c5ccccc5)cc4)c(c23)C1=O. The molecule has 0 unspecified atom stereocenters. The third-order valence-electron chi connectivity index (χ3n) is 18.0. The highest BCUT2D eigenvalue weighted by molar-refractivity contribution is 6.28. The van der Waals surface area contributed by atoms with E-state index in [0.29, 0.717) is 50.6 Å². The van der Waals surface area contributed by atoms with E-state index in [2.05, 4.69) is 219 Å². The van der Waals surface area contributed by atoms with Crippen molar-refractivity contribution in [3.8, 4) is 47.4 Å². The smallest absolute Gasteiger partial charge is 0.262 e. The molecule has 1 aliphatic heterocycles. The van der Waals surface area contributed by atoms with Crippen molar-refractivity contribution in [1.29, 1.82) is 0 Å². The lowest BCUT2D eigenvalue weighted by molar-refractivity contribution is 0.0608. The van der Waals surface area contributed by atoms with Gasteiger partial charge < -0.3 is 19.6 Å². The molecule has 0 bridgehead atoms. The minimum absolute atomic E-state index is 0.174. The summed E-state index contributed by atoms with van der Waals surface area (Å²) in [5.41, 5.74) is 17.3. The lowest BCUT2D eigenvalue weighted by atomic mass is 9.83.